The minimum Gasteiger partial charge on any atom is -0.383 e. The maximum absolute atomic E-state index is 12.2. The molecule has 0 aliphatic heterocycles. The van der Waals surface area contributed by atoms with Gasteiger partial charge in [-0.2, -0.15) is 5.10 Å². The van der Waals surface area contributed by atoms with Crippen LogP contribution in [0.2, 0.25) is 0 Å². The van der Waals surface area contributed by atoms with Crippen LogP contribution in [0.5, 0.6) is 0 Å². The number of hydrogen-bond acceptors (Lipinski definition) is 5. The number of nitrogens with zero attached hydrogens (tertiary/aromatic N) is 2. The van der Waals surface area contributed by atoms with E-state index in [1.54, 1.807) is 13.3 Å². The number of methoxy groups -OCH3 is 1. The van der Waals surface area contributed by atoms with E-state index >= 15 is 0 Å². The molecule has 0 unspecified atom stereocenters. The lowest BCUT2D eigenvalue weighted by atomic mass is 9.98. The van der Waals surface area contributed by atoms with Gasteiger partial charge in [0.05, 0.1) is 24.0 Å². The summed E-state index contributed by atoms with van der Waals surface area (Å²) < 4.78 is 6.32. The molecule has 2 rings (SSSR count). The Labute approximate surface area is 129 Å². The molecule has 122 valence electrons. The molecule has 2 amide bonds. The van der Waals surface area contributed by atoms with Crippen molar-refractivity contribution in [3.63, 3.8) is 0 Å². The van der Waals surface area contributed by atoms with Crippen molar-refractivity contribution < 1.29 is 14.3 Å². The van der Waals surface area contributed by atoms with Gasteiger partial charge in [0.2, 0.25) is 11.8 Å². The third kappa shape index (κ3) is 4.28. The number of carbonyl (C=O) groups is 2. The Bertz CT molecular complexity index is 522. The van der Waals surface area contributed by atoms with Crippen molar-refractivity contribution in [2.45, 2.75) is 37.8 Å². The molecule has 1 saturated carbocycles. The van der Waals surface area contributed by atoms with Crippen LogP contribution in [0.3, 0.4) is 0 Å². The molecule has 0 spiro atoms. The molecule has 0 atom stereocenters. The molecule has 1 aliphatic carbocycles. The van der Waals surface area contributed by atoms with Gasteiger partial charge in [-0.1, -0.05) is 12.8 Å². The van der Waals surface area contributed by atoms with Crippen LogP contribution >= 0.6 is 0 Å². The van der Waals surface area contributed by atoms with Crippen LogP contribution in [-0.4, -0.2) is 47.4 Å². The van der Waals surface area contributed by atoms with Crippen LogP contribution in [0, 0.1) is 0 Å². The Hall–Kier alpha value is -1.93. The first-order valence-corrected chi connectivity index (χ1v) is 7.42. The number of carbonyl (C=O) groups excluding carboxylic acids is 2. The average Bonchev–Trinajstić information content (AvgIpc) is 3.09. The number of anilines is 1. The van der Waals surface area contributed by atoms with Gasteiger partial charge in [0.1, 0.15) is 6.54 Å². The predicted octanol–water partition coefficient (Wildman–Crippen LogP) is -0.144. The molecular weight excluding hydrogens is 286 g/mol. The zero-order chi connectivity index (χ0) is 16.0. The summed E-state index contributed by atoms with van der Waals surface area (Å²) in [6, 6.07) is 0. The van der Waals surface area contributed by atoms with Crippen molar-refractivity contribution in [3.05, 3.63) is 12.4 Å². The molecule has 0 saturated heterocycles. The van der Waals surface area contributed by atoms with Crippen LogP contribution in [0.15, 0.2) is 12.4 Å². The third-order valence-electron chi connectivity index (χ3n) is 3.77. The van der Waals surface area contributed by atoms with E-state index in [9.17, 15) is 9.59 Å². The van der Waals surface area contributed by atoms with Gasteiger partial charge in [0, 0.05) is 19.9 Å². The van der Waals surface area contributed by atoms with E-state index in [0.717, 1.165) is 12.8 Å². The van der Waals surface area contributed by atoms with Gasteiger partial charge in [-0.3, -0.25) is 14.3 Å². The zero-order valence-electron chi connectivity index (χ0n) is 12.8. The molecule has 8 heteroatoms. The lowest BCUT2D eigenvalue weighted by molar-refractivity contribution is -0.122. The summed E-state index contributed by atoms with van der Waals surface area (Å²) in [4.78, 5) is 23.8. The van der Waals surface area contributed by atoms with Crippen molar-refractivity contribution in [2.24, 2.45) is 5.73 Å². The molecule has 1 aromatic heterocycles. The molecule has 0 radical (unpaired) electrons. The topological polar surface area (TPSA) is 111 Å². The fourth-order valence-electron chi connectivity index (χ4n) is 2.50. The van der Waals surface area contributed by atoms with E-state index in [4.69, 9.17) is 10.5 Å². The highest BCUT2D eigenvalue weighted by Gasteiger charge is 2.37. The molecule has 1 fully saturated rings. The largest absolute Gasteiger partial charge is 0.383 e. The SMILES string of the molecule is COCCNC(=O)Cn1cc(NC(=O)C2(N)CCCC2)cn1. The average molecular weight is 309 g/mol. The quantitative estimate of drug-likeness (QED) is 0.607. The minimum absolute atomic E-state index is 0.0906. The van der Waals surface area contributed by atoms with Gasteiger partial charge < -0.3 is 21.1 Å². The first-order chi connectivity index (χ1) is 10.5. The Morgan fingerprint density at radius 2 is 2.18 bits per heavy atom. The number of amides is 2. The molecule has 1 aliphatic rings. The van der Waals surface area contributed by atoms with E-state index in [1.165, 1.54) is 10.9 Å². The number of rotatable bonds is 7. The maximum Gasteiger partial charge on any atom is 0.244 e. The molecule has 22 heavy (non-hydrogen) atoms. The normalized spacial score (nSPS) is 16.5. The molecule has 1 heterocycles. The molecule has 0 bridgehead atoms. The summed E-state index contributed by atoms with van der Waals surface area (Å²) in [5.74, 6) is -0.349. The second-order valence-corrected chi connectivity index (χ2v) is 5.59. The lowest BCUT2D eigenvalue weighted by Gasteiger charge is -2.21. The standard InChI is InChI=1S/C14H23N5O3/c1-22-7-6-16-12(20)10-19-9-11(8-17-19)18-13(21)14(15)4-2-3-5-14/h8-9H,2-7,10,15H2,1H3,(H,16,20)(H,18,21). The summed E-state index contributed by atoms with van der Waals surface area (Å²) in [5.41, 5.74) is 5.86. The van der Waals surface area contributed by atoms with Crippen LogP contribution in [0.4, 0.5) is 5.69 Å². The van der Waals surface area contributed by atoms with Gasteiger partial charge in [-0.15, -0.1) is 0 Å². The molecular formula is C14H23N5O3. The summed E-state index contributed by atoms with van der Waals surface area (Å²) in [5, 5.41) is 9.53. The minimum atomic E-state index is -0.778. The Morgan fingerprint density at radius 1 is 1.45 bits per heavy atom. The Balaban J connectivity index is 1.83. The van der Waals surface area contributed by atoms with Gasteiger partial charge in [-0.05, 0) is 12.8 Å². The van der Waals surface area contributed by atoms with Crippen LogP contribution in [-0.2, 0) is 20.9 Å². The summed E-state index contributed by atoms with van der Waals surface area (Å²) in [6.45, 7) is 1.01. The first kappa shape index (κ1) is 16.4. The number of ether oxygens (including phenoxy) is 1. The van der Waals surface area contributed by atoms with Crippen molar-refractivity contribution >= 4 is 17.5 Å². The van der Waals surface area contributed by atoms with Gasteiger partial charge in [0.25, 0.3) is 0 Å². The Kier molecular flexibility index (Phi) is 5.51. The van der Waals surface area contributed by atoms with E-state index in [0.29, 0.717) is 31.7 Å². The molecule has 1 aromatic rings. The fourth-order valence-corrected chi connectivity index (χ4v) is 2.50. The maximum atomic E-state index is 12.2. The van der Waals surface area contributed by atoms with E-state index in [-0.39, 0.29) is 18.4 Å². The van der Waals surface area contributed by atoms with Crippen LogP contribution in [0.1, 0.15) is 25.7 Å². The van der Waals surface area contributed by atoms with E-state index < -0.39 is 5.54 Å². The van der Waals surface area contributed by atoms with E-state index in [2.05, 4.69) is 15.7 Å². The monoisotopic (exact) mass is 309 g/mol. The van der Waals surface area contributed by atoms with Gasteiger partial charge in [0.15, 0.2) is 0 Å². The number of nitrogens with two attached hydrogens (primary N) is 1. The van der Waals surface area contributed by atoms with Crippen molar-refractivity contribution in [1.82, 2.24) is 15.1 Å². The van der Waals surface area contributed by atoms with Crippen molar-refractivity contribution in [2.75, 3.05) is 25.6 Å². The predicted molar refractivity (Wildman–Crippen MR) is 81.1 cm³/mol. The highest BCUT2D eigenvalue weighted by atomic mass is 16.5. The lowest BCUT2D eigenvalue weighted by Crippen LogP contribution is -2.48. The zero-order valence-corrected chi connectivity index (χ0v) is 12.8. The van der Waals surface area contributed by atoms with Crippen molar-refractivity contribution in [1.29, 1.82) is 0 Å². The van der Waals surface area contributed by atoms with Crippen molar-refractivity contribution in [3.8, 4) is 0 Å². The molecule has 4 N–H and O–H groups in total. The van der Waals surface area contributed by atoms with Crippen LogP contribution < -0.4 is 16.4 Å². The summed E-state index contributed by atoms with van der Waals surface area (Å²) in [7, 11) is 1.57. The first-order valence-electron chi connectivity index (χ1n) is 7.42. The highest BCUT2D eigenvalue weighted by molar-refractivity contribution is 5.98. The highest BCUT2D eigenvalue weighted by Crippen LogP contribution is 2.28. The second-order valence-electron chi connectivity index (χ2n) is 5.59. The summed E-state index contributed by atoms with van der Waals surface area (Å²) >= 11 is 0. The third-order valence-corrected chi connectivity index (χ3v) is 3.77. The fraction of sp³-hybridized carbons (Fsp3) is 0.643. The van der Waals surface area contributed by atoms with Crippen LogP contribution in [0.25, 0.3) is 0 Å². The Morgan fingerprint density at radius 3 is 2.86 bits per heavy atom. The van der Waals surface area contributed by atoms with E-state index in [1.807, 2.05) is 0 Å². The second kappa shape index (κ2) is 7.37. The van der Waals surface area contributed by atoms with Gasteiger partial charge >= 0.3 is 0 Å². The van der Waals surface area contributed by atoms with Gasteiger partial charge in [-0.25, -0.2) is 0 Å². The molecule has 0 aromatic carbocycles. The number of nitrogens with one attached hydrogen (secondary N) is 2. The number of hydrogen-bond donors (Lipinski definition) is 3. The smallest absolute Gasteiger partial charge is 0.244 e. The molecule has 8 nitrogen and oxygen atoms in total. The summed E-state index contributed by atoms with van der Waals surface area (Å²) in [6.07, 6.45) is 6.49. The number of aromatic nitrogens is 2.